The third-order valence-corrected chi connectivity index (χ3v) is 3.66. The Hall–Kier alpha value is -2.49. The van der Waals surface area contributed by atoms with Crippen LogP contribution in [-0.4, -0.2) is 19.1 Å². The Kier molecular flexibility index (Phi) is 6.03. The Balaban J connectivity index is 2.12. The lowest BCUT2D eigenvalue weighted by Gasteiger charge is -2.19. The minimum absolute atomic E-state index is 0.153. The van der Waals surface area contributed by atoms with Crippen LogP contribution in [0.25, 0.3) is 0 Å². The number of amides is 1. The first-order valence-corrected chi connectivity index (χ1v) is 7.88. The smallest absolute Gasteiger partial charge is 0.265 e. The molecule has 0 fully saturated rings. The number of para-hydroxylation sites is 3. The van der Waals surface area contributed by atoms with Gasteiger partial charge in [-0.2, -0.15) is 0 Å². The summed E-state index contributed by atoms with van der Waals surface area (Å²) in [6, 6.07) is 15.1. The molecule has 0 aromatic heterocycles. The van der Waals surface area contributed by atoms with E-state index in [1.165, 1.54) is 0 Å². The van der Waals surface area contributed by atoms with Crippen molar-refractivity contribution in [2.45, 2.75) is 32.8 Å². The number of nitrogens with one attached hydrogen (secondary N) is 1. The van der Waals surface area contributed by atoms with Gasteiger partial charge in [0.25, 0.3) is 5.91 Å². The van der Waals surface area contributed by atoms with Crippen LogP contribution < -0.4 is 14.8 Å². The van der Waals surface area contributed by atoms with E-state index < -0.39 is 6.10 Å². The second-order valence-corrected chi connectivity index (χ2v) is 5.17. The maximum atomic E-state index is 12.5. The molecular weight excluding hydrogens is 290 g/mol. The van der Waals surface area contributed by atoms with E-state index >= 15 is 0 Å². The Labute approximate surface area is 137 Å². The summed E-state index contributed by atoms with van der Waals surface area (Å²) in [5.74, 6) is 1.03. The lowest BCUT2D eigenvalue weighted by atomic mass is 10.1. The third-order valence-electron chi connectivity index (χ3n) is 3.66. The van der Waals surface area contributed by atoms with Gasteiger partial charge in [0.1, 0.15) is 0 Å². The number of carbonyl (C=O) groups excluding carboxylic acids is 1. The molecule has 4 nitrogen and oxygen atoms in total. The van der Waals surface area contributed by atoms with Gasteiger partial charge in [-0.3, -0.25) is 4.79 Å². The van der Waals surface area contributed by atoms with Gasteiger partial charge in [-0.05, 0) is 36.6 Å². The normalized spacial score (nSPS) is 11.6. The van der Waals surface area contributed by atoms with Gasteiger partial charge in [-0.15, -0.1) is 0 Å². The van der Waals surface area contributed by atoms with Crippen LogP contribution in [0.5, 0.6) is 11.5 Å². The van der Waals surface area contributed by atoms with Crippen LogP contribution in [0.4, 0.5) is 5.69 Å². The number of ether oxygens (including phenoxy) is 2. The van der Waals surface area contributed by atoms with Gasteiger partial charge in [0.15, 0.2) is 17.6 Å². The highest BCUT2D eigenvalue weighted by Crippen LogP contribution is 2.27. The molecule has 0 aliphatic carbocycles. The molecule has 0 spiro atoms. The Bertz CT molecular complexity index is 655. The molecule has 23 heavy (non-hydrogen) atoms. The van der Waals surface area contributed by atoms with E-state index in [2.05, 4.69) is 12.2 Å². The molecule has 1 N–H and O–H groups in total. The van der Waals surface area contributed by atoms with Crippen molar-refractivity contribution in [2.24, 2.45) is 0 Å². The van der Waals surface area contributed by atoms with E-state index in [1.54, 1.807) is 13.2 Å². The Morgan fingerprint density at radius 1 is 1.04 bits per heavy atom. The summed E-state index contributed by atoms with van der Waals surface area (Å²) < 4.78 is 11.1. The van der Waals surface area contributed by atoms with E-state index in [9.17, 15) is 4.79 Å². The SMILES string of the molecule is CCc1ccccc1NC(=O)C(CC)Oc1ccccc1OC. The summed E-state index contributed by atoms with van der Waals surface area (Å²) in [5.41, 5.74) is 1.94. The number of methoxy groups -OCH3 is 1. The fourth-order valence-electron chi connectivity index (χ4n) is 2.36. The molecule has 2 aromatic carbocycles. The highest BCUT2D eigenvalue weighted by Gasteiger charge is 2.20. The van der Waals surface area contributed by atoms with Crippen molar-refractivity contribution >= 4 is 11.6 Å². The summed E-state index contributed by atoms with van der Waals surface area (Å²) in [4.78, 5) is 12.5. The number of anilines is 1. The zero-order valence-corrected chi connectivity index (χ0v) is 13.8. The number of rotatable bonds is 7. The second kappa shape index (κ2) is 8.22. The van der Waals surface area contributed by atoms with E-state index in [-0.39, 0.29) is 5.91 Å². The van der Waals surface area contributed by atoms with Crippen molar-refractivity contribution in [3.63, 3.8) is 0 Å². The van der Waals surface area contributed by atoms with E-state index in [0.717, 1.165) is 17.7 Å². The van der Waals surface area contributed by atoms with E-state index in [0.29, 0.717) is 17.9 Å². The van der Waals surface area contributed by atoms with E-state index in [1.807, 2.05) is 49.4 Å². The molecule has 0 heterocycles. The molecule has 2 rings (SSSR count). The Morgan fingerprint density at radius 2 is 1.70 bits per heavy atom. The molecule has 1 atom stereocenters. The van der Waals surface area contributed by atoms with Crippen molar-refractivity contribution in [1.29, 1.82) is 0 Å². The molecule has 0 aliphatic heterocycles. The van der Waals surface area contributed by atoms with Gasteiger partial charge >= 0.3 is 0 Å². The van der Waals surface area contributed by atoms with Crippen LogP contribution in [0.15, 0.2) is 48.5 Å². The monoisotopic (exact) mass is 313 g/mol. The molecule has 2 aromatic rings. The van der Waals surface area contributed by atoms with Gasteiger partial charge in [0.05, 0.1) is 7.11 Å². The molecule has 0 aliphatic rings. The zero-order chi connectivity index (χ0) is 16.7. The zero-order valence-electron chi connectivity index (χ0n) is 13.8. The highest BCUT2D eigenvalue weighted by molar-refractivity contribution is 5.95. The van der Waals surface area contributed by atoms with Crippen LogP contribution in [0.2, 0.25) is 0 Å². The molecule has 0 radical (unpaired) electrons. The fourth-order valence-corrected chi connectivity index (χ4v) is 2.36. The lowest BCUT2D eigenvalue weighted by molar-refractivity contribution is -0.122. The first-order chi connectivity index (χ1) is 11.2. The average Bonchev–Trinajstić information content (AvgIpc) is 2.60. The summed E-state index contributed by atoms with van der Waals surface area (Å²) in [5, 5.41) is 2.97. The van der Waals surface area contributed by atoms with Crippen molar-refractivity contribution < 1.29 is 14.3 Å². The van der Waals surface area contributed by atoms with Crippen LogP contribution in [0, 0.1) is 0 Å². The van der Waals surface area contributed by atoms with Gasteiger partial charge in [0.2, 0.25) is 0 Å². The average molecular weight is 313 g/mol. The number of carbonyl (C=O) groups is 1. The third kappa shape index (κ3) is 4.25. The van der Waals surface area contributed by atoms with Crippen molar-refractivity contribution in [1.82, 2.24) is 0 Å². The molecular formula is C19H23NO3. The maximum absolute atomic E-state index is 12.5. The molecule has 1 amide bonds. The van der Waals surface area contributed by atoms with E-state index in [4.69, 9.17) is 9.47 Å². The van der Waals surface area contributed by atoms with Crippen LogP contribution in [0.1, 0.15) is 25.8 Å². The van der Waals surface area contributed by atoms with Gasteiger partial charge in [-0.1, -0.05) is 44.2 Å². The number of hydrogen-bond acceptors (Lipinski definition) is 3. The predicted octanol–water partition coefficient (Wildman–Crippen LogP) is 4.05. The minimum Gasteiger partial charge on any atom is -0.493 e. The molecule has 1 unspecified atom stereocenters. The van der Waals surface area contributed by atoms with Crippen LogP contribution in [-0.2, 0) is 11.2 Å². The molecule has 0 bridgehead atoms. The number of hydrogen-bond donors (Lipinski definition) is 1. The van der Waals surface area contributed by atoms with Crippen LogP contribution in [0.3, 0.4) is 0 Å². The molecule has 0 saturated heterocycles. The first-order valence-electron chi connectivity index (χ1n) is 7.88. The summed E-state index contributed by atoms with van der Waals surface area (Å²) in [6.07, 6.45) is 0.856. The van der Waals surface area contributed by atoms with Crippen LogP contribution >= 0.6 is 0 Å². The highest BCUT2D eigenvalue weighted by atomic mass is 16.5. The van der Waals surface area contributed by atoms with Gasteiger partial charge in [-0.25, -0.2) is 0 Å². The topological polar surface area (TPSA) is 47.6 Å². The quantitative estimate of drug-likeness (QED) is 0.838. The van der Waals surface area contributed by atoms with Gasteiger partial charge in [0, 0.05) is 5.69 Å². The summed E-state index contributed by atoms with van der Waals surface area (Å²) >= 11 is 0. The predicted molar refractivity (Wildman–Crippen MR) is 92.2 cm³/mol. The molecule has 0 saturated carbocycles. The lowest BCUT2D eigenvalue weighted by Crippen LogP contribution is -2.32. The minimum atomic E-state index is -0.573. The van der Waals surface area contributed by atoms with Crippen molar-refractivity contribution in [3.05, 3.63) is 54.1 Å². The number of benzene rings is 2. The Morgan fingerprint density at radius 3 is 2.35 bits per heavy atom. The van der Waals surface area contributed by atoms with Crippen molar-refractivity contribution in [2.75, 3.05) is 12.4 Å². The van der Waals surface area contributed by atoms with Gasteiger partial charge < -0.3 is 14.8 Å². The maximum Gasteiger partial charge on any atom is 0.265 e. The van der Waals surface area contributed by atoms with Crippen molar-refractivity contribution in [3.8, 4) is 11.5 Å². The summed E-state index contributed by atoms with van der Waals surface area (Å²) in [7, 11) is 1.58. The summed E-state index contributed by atoms with van der Waals surface area (Å²) in [6.45, 7) is 3.99. The first kappa shape index (κ1) is 16.9. The fraction of sp³-hybridized carbons (Fsp3) is 0.316. The second-order valence-electron chi connectivity index (χ2n) is 5.17. The number of aryl methyl sites for hydroxylation is 1. The largest absolute Gasteiger partial charge is 0.493 e. The standard InChI is InChI=1S/C19H23NO3/c1-4-14-10-6-7-11-15(14)20-19(21)16(5-2)23-18-13-9-8-12-17(18)22-3/h6-13,16H,4-5H2,1-3H3,(H,20,21). The molecule has 4 heteroatoms. The molecule has 122 valence electrons.